The van der Waals surface area contributed by atoms with Crippen molar-refractivity contribution in [1.29, 1.82) is 0 Å². The van der Waals surface area contributed by atoms with Crippen molar-refractivity contribution in [1.82, 2.24) is 9.62 Å². The largest absolute Gasteiger partial charge is 0.469 e. The van der Waals surface area contributed by atoms with E-state index in [9.17, 15) is 18.0 Å². The topological polar surface area (TPSA) is 92.8 Å². The summed E-state index contributed by atoms with van der Waals surface area (Å²) in [6.07, 6.45) is 0.589. The van der Waals surface area contributed by atoms with Crippen molar-refractivity contribution in [2.75, 3.05) is 27.7 Å². The van der Waals surface area contributed by atoms with Crippen LogP contribution in [0.5, 0.6) is 0 Å². The molecule has 0 fully saturated rings. The van der Waals surface area contributed by atoms with E-state index < -0.39 is 15.9 Å². The molecule has 0 radical (unpaired) electrons. The molecule has 9 heteroatoms. The molecule has 0 aliphatic rings. The number of methoxy groups -OCH3 is 1. The molecular formula is C14H19ClN2O5S. The molecule has 128 valence electrons. The second kappa shape index (κ2) is 8.28. The molecule has 0 saturated heterocycles. The fraction of sp³-hybridized carbons (Fsp3) is 0.429. The highest BCUT2D eigenvalue weighted by molar-refractivity contribution is 7.89. The number of benzene rings is 1. The predicted molar refractivity (Wildman–Crippen MR) is 85.9 cm³/mol. The highest BCUT2D eigenvalue weighted by Crippen LogP contribution is 2.22. The molecule has 1 aromatic rings. The molecule has 0 bridgehead atoms. The molecule has 0 unspecified atom stereocenters. The van der Waals surface area contributed by atoms with Crippen LogP contribution in [0.25, 0.3) is 0 Å². The van der Waals surface area contributed by atoms with Crippen LogP contribution >= 0.6 is 11.6 Å². The lowest BCUT2D eigenvalue weighted by molar-refractivity contribution is -0.140. The van der Waals surface area contributed by atoms with Gasteiger partial charge in [-0.2, -0.15) is 0 Å². The van der Waals surface area contributed by atoms with Gasteiger partial charge in [-0.15, -0.1) is 0 Å². The summed E-state index contributed by atoms with van der Waals surface area (Å²) in [7, 11) is 0.432. The third kappa shape index (κ3) is 5.19. The monoisotopic (exact) mass is 362 g/mol. The number of nitrogens with zero attached hydrogens (tertiary/aromatic N) is 1. The number of hydrogen-bond donors (Lipinski definition) is 1. The Balaban J connectivity index is 2.83. The van der Waals surface area contributed by atoms with E-state index in [0.29, 0.717) is 6.42 Å². The maximum atomic E-state index is 12.1. The number of amides is 1. The minimum absolute atomic E-state index is 0.0217. The number of esters is 1. The zero-order valence-corrected chi connectivity index (χ0v) is 14.7. The summed E-state index contributed by atoms with van der Waals surface area (Å²) in [5, 5.41) is 2.73. The van der Waals surface area contributed by atoms with Crippen LogP contribution in [-0.2, 0) is 19.6 Å². The van der Waals surface area contributed by atoms with Crippen LogP contribution in [0.15, 0.2) is 23.1 Å². The highest BCUT2D eigenvalue weighted by Gasteiger charge is 2.20. The summed E-state index contributed by atoms with van der Waals surface area (Å²) in [5.74, 6) is -0.868. The number of carbonyl (C=O) groups excluding carboxylic acids is 2. The Morgan fingerprint density at radius 2 is 1.96 bits per heavy atom. The van der Waals surface area contributed by atoms with Crippen molar-refractivity contribution in [2.45, 2.75) is 17.7 Å². The van der Waals surface area contributed by atoms with E-state index in [-0.39, 0.29) is 34.4 Å². The van der Waals surface area contributed by atoms with Crippen LogP contribution in [0, 0.1) is 0 Å². The average Bonchev–Trinajstić information content (AvgIpc) is 2.50. The van der Waals surface area contributed by atoms with E-state index in [0.717, 1.165) is 4.31 Å². The number of hydrogen-bond acceptors (Lipinski definition) is 5. The molecule has 0 aliphatic carbocycles. The molecule has 0 spiro atoms. The summed E-state index contributed by atoms with van der Waals surface area (Å²) in [6.45, 7) is 0.245. The average molecular weight is 363 g/mol. The van der Waals surface area contributed by atoms with Crippen LogP contribution in [-0.4, -0.2) is 52.3 Å². The third-order valence-electron chi connectivity index (χ3n) is 3.03. The van der Waals surface area contributed by atoms with Gasteiger partial charge in [0.05, 0.1) is 22.6 Å². The van der Waals surface area contributed by atoms with Gasteiger partial charge in [0.15, 0.2) is 0 Å². The lowest BCUT2D eigenvalue weighted by Gasteiger charge is -2.13. The first-order valence-electron chi connectivity index (χ1n) is 6.77. The van der Waals surface area contributed by atoms with Crippen molar-refractivity contribution in [3.8, 4) is 0 Å². The van der Waals surface area contributed by atoms with Crippen molar-refractivity contribution >= 4 is 33.5 Å². The molecule has 7 nitrogen and oxygen atoms in total. The van der Waals surface area contributed by atoms with Crippen molar-refractivity contribution in [2.24, 2.45) is 0 Å². The van der Waals surface area contributed by atoms with Gasteiger partial charge in [0.25, 0.3) is 5.91 Å². The second-order valence-corrected chi connectivity index (χ2v) is 7.42. The van der Waals surface area contributed by atoms with Gasteiger partial charge in [0, 0.05) is 27.1 Å². The lowest BCUT2D eigenvalue weighted by Crippen LogP contribution is -2.26. The van der Waals surface area contributed by atoms with Gasteiger partial charge < -0.3 is 10.1 Å². The van der Waals surface area contributed by atoms with Crippen molar-refractivity contribution in [3.63, 3.8) is 0 Å². The van der Waals surface area contributed by atoms with E-state index in [1.807, 2.05) is 0 Å². The molecule has 0 heterocycles. The zero-order chi connectivity index (χ0) is 17.6. The molecule has 23 heavy (non-hydrogen) atoms. The quantitative estimate of drug-likeness (QED) is 0.582. The van der Waals surface area contributed by atoms with E-state index in [1.165, 1.54) is 39.4 Å². The first kappa shape index (κ1) is 19.4. The van der Waals surface area contributed by atoms with Gasteiger partial charge in [-0.3, -0.25) is 9.59 Å². The summed E-state index contributed by atoms with van der Waals surface area (Å²) >= 11 is 5.96. The maximum absolute atomic E-state index is 12.1. The Labute approximate surface area is 140 Å². The highest BCUT2D eigenvalue weighted by atomic mass is 35.5. The third-order valence-corrected chi connectivity index (χ3v) is 5.17. The molecule has 1 N–H and O–H groups in total. The van der Waals surface area contributed by atoms with E-state index in [2.05, 4.69) is 10.1 Å². The summed E-state index contributed by atoms with van der Waals surface area (Å²) in [6, 6.07) is 3.93. The van der Waals surface area contributed by atoms with Crippen LogP contribution in [0.4, 0.5) is 0 Å². The fourth-order valence-electron chi connectivity index (χ4n) is 1.68. The first-order chi connectivity index (χ1) is 10.7. The maximum Gasteiger partial charge on any atom is 0.305 e. The molecule has 0 aromatic heterocycles. The van der Waals surface area contributed by atoms with Crippen molar-refractivity contribution in [3.05, 3.63) is 28.8 Å². The Morgan fingerprint density at radius 1 is 1.30 bits per heavy atom. The predicted octanol–water partition coefficient (Wildman–Crippen LogP) is 1.27. The Kier molecular flexibility index (Phi) is 6.99. The molecule has 1 amide bonds. The number of sulfonamides is 1. The smallest absolute Gasteiger partial charge is 0.305 e. The van der Waals surface area contributed by atoms with Crippen molar-refractivity contribution < 1.29 is 22.7 Å². The Bertz CT molecular complexity index is 688. The fourth-order valence-corrected chi connectivity index (χ4v) is 2.81. The van der Waals surface area contributed by atoms with Gasteiger partial charge in [0.1, 0.15) is 0 Å². The molecule has 0 aliphatic heterocycles. The number of carbonyl (C=O) groups is 2. The molecule has 1 aromatic carbocycles. The molecule has 0 atom stereocenters. The SMILES string of the molecule is COC(=O)CCCNC(=O)c1cc(S(=O)(=O)N(C)C)ccc1Cl. The lowest BCUT2D eigenvalue weighted by atomic mass is 10.2. The second-order valence-electron chi connectivity index (χ2n) is 4.86. The normalized spacial score (nSPS) is 11.3. The van der Waals surface area contributed by atoms with Crippen LogP contribution in [0.2, 0.25) is 5.02 Å². The number of rotatable bonds is 7. The Morgan fingerprint density at radius 3 is 2.52 bits per heavy atom. The van der Waals surface area contributed by atoms with Crippen LogP contribution in [0.3, 0.4) is 0 Å². The number of halogens is 1. The summed E-state index contributed by atoms with van der Waals surface area (Å²) in [5.41, 5.74) is 0.0626. The number of ether oxygens (including phenoxy) is 1. The molecule has 1 rings (SSSR count). The number of nitrogens with one attached hydrogen (secondary N) is 1. The van der Waals surface area contributed by atoms with Gasteiger partial charge in [-0.25, -0.2) is 12.7 Å². The van der Waals surface area contributed by atoms with E-state index in [4.69, 9.17) is 11.6 Å². The first-order valence-corrected chi connectivity index (χ1v) is 8.59. The minimum atomic E-state index is -3.66. The summed E-state index contributed by atoms with van der Waals surface area (Å²) < 4.78 is 29.7. The summed E-state index contributed by atoms with van der Waals surface area (Å²) in [4.78, 5) is 23.1. The molecular weight excluding hydrogens is 344 g/mol. The minimum Gasteiger partial charge on any atom is -0.469 e. The van der Waals surface area contributed by atoms with Gasteiger partial charge in [-0.1, -0.05) is 11.6 Å². The zero-order valence-electron chi connectivity index (χ0n) is 13.1. The van der Waals surface area contributed by atoms with Gasteiger partial charge >= 0.3 is 5.97 Å². The standard InChI is InChI=1S/C14H19ClN2O5S/c1-17(2)23(20,21)10-6-7-12(15)11(9-10)14(19)16-8-4-5-13(18)22-3/h6-7,9H,4-5,8H2,1-3H3,(H,16,19). The molecule has 0 saturated carbocycles. The van der Waals surface area contributed by atoms with Gasteiger partial charge in [0.2, 0.25) is 10.0 Å². The van der Waals surface area contributed by atoms with E-state index >= 15 is 0 Å². The van der Waals surface area contributed by atoms with Gasteiger partial charge in [-0.05, 0) is 24.6 Å². The van der Waals surface area contributed by atoms with Crippen LogP contribution < -0.4 is 5.32 Å². The van der Waals surface area contributed by atoms with E-state index in [1.54, 1.807) is 0 Å². The Hall–Kier alpha value is -1.64. The van der Waals surface area contributed by atoms with Crippen LogP contribution in [0.1, 0.15) is 23.2 Å².